The molecule has 5 nitrogen and oxygen atoms in total. The third-order valence-electron chi connectivity index (χ3n) is 3.08. The Morgan fingerprint density at radius 3 is 2.95 bits per heavy atom. The van der Waals surface area contributed by atoms with E-state index in [9.17, 15) is 0 Å². The predicted octanol–water partition coefficient (Wildman–Crippen LogP) is 2.48. The molecule has 0 saturated heterocycles. The molecule has 3 heterocycles. The number of anilines is 1. The molecule has 0 atom stereocenters. The summed E-state index contributed by atoms with van der Waals surface area (Å²) in [5.74, 6) is 0.854. The van der Waals surface area contributed by atoms with Gasteiger partial charge in [0, 0.05) is 23.2 Å². The first-order valence-corrected chi connectivity index (χ1v) is 7.34. The van der Waals surface area contributed by atoms with E-state index in [0.29, 0.717) is 6.54 Å². The van der Waals surface area contributed by atoms with Crippen molar-refractivity contribution in [2.24, 2.45) is 0 Å². The van der Waals surface area contributed by atoms with Gasteiger partial charge in [0.25, 0.3) is 0 Å². The molecule has 0 saturated carbocycles. The van der Waals surface area contributed by atoms with E-state index in [4.69, 9.17) is 5.11 Å². The van der Waals surface area contributed by atoms with Crippen LogP contribution >= 0.6 is 11.3 Å². The lowest BCUT2D eigenvalue weighted by Crippen LogP contribution is -2.10. The monoisotopic (exact) mass is 288 g/mol. The number of aryl methyl sites for hydroxylation is 2. The zero-order valence-corrected chi connectivity index (χ0v) is 12.2. The van der Waals surface area contributed by atoms with Crippen LogP contribution in [0.5, 0.6) is 0 Å². The molecule has 3 aromatic rings. The van der Waals surface area contributed by atoms with Gasteiger partial charge in [-0.15, -0.1) is 11.3 Å². The zero-order chi connectivity index (χ0) is 14.1. The summed E-state index contributed by atoms with van der Waals surface area (Å²) in [6.07, 6.45) is 0. The first-order valence-electron chi connectivity index (χ1n) is 6.46. The van der Waals surface area contributed by atoms with Crippen LogP contribution in [0.25, 0.3) is 16.1 Å². The Hall–Kier alpha value is -1.92. The van der Waals surface area contributed by atoms with E-state index in [1.165, 1.54) is 4.88 Å². The lowest BCUT2D eigenvalue weighted by molar-refractivity contribution is 0.311. The summed E-state index contributed by atoms with van der Waals surface area (Å²) >= 11 is 1.69. The van der Waals surface area contributed by atoms with E-state index < -0.39 is 0 Å². The summed E-state index contributed by atoms with van der Waals surface area (Å²) in [7, 11) is 0. The Morgan fingerprint density at radius 1 is 1.40 bits per heavy atom. The summed E-state index contributed by atoms with van der Waals surface area (Å²) in [6, 6.07) is 6.05. The highest BCUT2D eigenvalue weighted by Crippen LogP contribution is 2.32. The molecule has 104 valence electrons. The molecule has 20 heavy (non-hydrogen) atoms. The normalized spacial score (nSPS) is 11.2. The van der Waals surface area contributed by atoms with E-state index in [-0.39, 0.29) is 6.61 Å². The number of nitrogens with zero attached hydrogens (tertiary/aromatic N) is 3. The van der Waals surface area contributed by atoms with Crippen LogP contribution in [0.15, 0.2) is 23.6 Å². The van der Waals surface area contributed by atoms with Crippen LogP contribution in [0.2, 0.25) is 0 Å². The van der Waals surface area contributed by atoms with E-state index in [1.54, 1.807) is 11.3 Å². The van der Waals surface area contributed by atoms with Crippen LogP contribution in [0.3, 0.4) is 0 Å². The fourth-order valence-corrected chi connectivity index (χ4v) is 3.08. The molecule has 0 spiro atoms. The minimum atomic E-state index is 0.0842. The highest BCUT2D eigenvalue weighted by molar-refractivity contribution is 7.13. The summed E-state index contributed by atoms with van der Waals surface area (Å²) < 4.78 is 1.81. The molecule has 3 aromatic heterocycles. The zero-order valence-electron chi connectivity index (χ0n) is 11.4. The molecule has 3 rings (SSSR count). The van der Waals surface area contributed by atoms with E-state index in [1.807, 2.05) is 30.5 Å². The lowest BCUT2D eigenvalue weighted by Gasteiger charge is -2.08. The standard InChI is InChI=1S/C14H16N4OS/c1-9-8-12(15-5-6-19)18-14(16-9)13(10(2)17-18)11-4-3-7-20-11/h3-4,7-8,15,19H,5-6H2,1-2H3. The number of aliphatic hydroxyl groups excluding tert-OH is 1. The van der Waals surface area contributed by atoms with Crippen LogP contribution in [-0.4, -0.2) is 32.9 Å². The Bertz CT molecular complexity index is 733. The maximum atomic E-state index is 8.97. The second-order valence-electron chi connectivity index (χ2n) is 4.61. The summed E-state index contributed by atoms with van der Waals surface area (Å²) in [6.45, 7) is 4.53. The van der Waals surface area contributed by atoms with Gasteiger partial charge in [-0.2, -0.15) is 9.61 Å². The van der Waals surface area contributed by atoms with Crippen molar-refractivity contribution >= 4 is 22.8 Å². The summed E-state index contributed by atoms with van der Waals surface area (Å²) in [5, 5.41) is 18.8. The largest absolute Gasteiger partial charge is 0.395 e. The lowest BCUT2D eigenvalue weighted by atomic mass is 10.2. The van der Waals surface area contributed by atoms with Gasteiger partial charge in [0.2, 0.25) is 0 Å². The van der Waals surface area contributed by atoms with Crippen molar-refractivity contribution < 1.29 is 5.11 Å². The van der Waals surface area contributed by atoms with Gasteiger partial charge in [0.15, 0.2) is 5.65 Å². The van der Waals surface area contributed by atoms with E-state index in [2.05, 4.69) is 26.8 Å². The number of hydrogen-bond donors (Lipinski definition) is 2. The summed E-state index contributed by atoms with van der Waals surface area (Å²) in [4.78, 5) is 5.80. The van der Waals surface area contributed by atoms with Gasteiger partial charge in [-0.3, -0.25) is 0 Å². The molecule has 0 fully saturated rings. The van der Waals surface area contributed by atoms with Gasteiger partial charge in [-0.1, -0.05) is 6.07 Å². The van der Waals surface area contributed by atoms with Gasteiger partial charge in [0.1, 0.15) is 5.82 Å². The van der Waals surface area contributed by atoms with Crippen LogP contribution in [0.4, 0.5) is 5.82 Å². The average molecular weight is 288 g/mol. The maximum Gasteiger partial charge on any atom is 0.166 e. The van der Waals surface area contributed by atoms with Gasteiger partial charge < -0.3 is 10.4 Å². The molecule has 2 N–H and O–H groups in total. The third-order valence-corrected chi connectivity index (χ3v) is 3.96. The molecular weight excluding hydrogens is 272 g/mol. The fraction of sp³-hybridized carbons (Fsp3) is 0.286. The van der Waals surface area contributed by atoms with Crippen LogP contribution in [0, 0.1) is 13.8 Å². The second-order valence-corrected chi connectivity index (χ2v) is 5.55. The number of aromatic nitrogens is 3. The fourth-order valence-electron chi connectivity index (χ4n) is 2.26. The molecule has 6 heteroatoms. The number of nitrogens with one attached hydrogen (secondary N) is 1. The quantitative estimate of drug-likeness (QED) is 0.774. The van der Waals surface area contributed by atoms with E-state index in [0.717, 1.165) is 28.4 Å². The number of rotatable bonds is 4. The van der Waals surface area contributed by atoms with Crippen molar-refractivity contribution in [2.45, 2.75) is 13.8 Å². The molecule has 0 aliphatic carbocycles. The molecule has 0 aromatic carbocycles. The number of hydrogen-bond acceptors (Lipinski definition) is 5. The average Bonchev–Trinajstić information content (AvgIpc) is 3.02. The van der Waals surface area contributed by atoms with Gasteiger partial charge >= 0.3 is 0 Å². The van der Waals surface area contributed by atoms with Crippen LogP contribution in [-0.2, 0) is 0 Å². The van der Waals surface area contributed by atoms with Crippen molar-refractivity contribution in [3.63, 3.8) is 0 Å². The highest BCUT2D eigenvalue weighted by atomic mass is 32.1. The van der Waals surface area contributed by atoms with Crippen LogP contribution < -0.4 is 5.32 Å². The first kappa shape index (κ1) is 13.1. The topological polar surface area (TPSA) is 62.5 Å². The summed E-state index contributed by atoms with van der Waals surface area (Å²) in [5.41, 5.74) is 3.81. The van der Waals surface area contributed by atoms with Crippen molar-refractivity contribution in [3.8, 4) is 10.4 Å². The molecule has 0 aliphatic heterocycles. The van der Waals surface area contributed by atoms with Gasteiger partial charge in [-0.05, 0) is 25.3 Å². The third kappa shape index (κ3) is 2.17. The maximum absolute atomic E-state index is 8.97. The molecule has 0 radical (unpaired) electrons. The Morgan fingerprint density at radius 2 is 2.25 bits per heavy atom. The van der Waals surface area contributed by atoms with Crippen molar-refractivity contribution in [1.82, 2.24) is 14.6 Å². The minimum absolute atomic E-state index is 0.0842. The molecular formula is C14H16N4OS. The second kappa shape index (κ2) is 5.22. The number of aliphatic hydroxyl groups is 1. The molecule has 0 unspecified atom stereocenters. The Balaban J connectivity index is 2.22. The molecule has 0 amide bonds. The minimum Gasteiger partial charge on any atom is -0.395 e. The smallest absolute Gasteiger partial charge is 0.166 e. The Labute approximate surface area is 120 Å². The van der Waals surface area contributed by atoms with Crippen LogP contribution in [0.1, 0.15) is 11.4 Å². The van der Waals surface area contributed by atoms with Gasteiger partial charge in [0.05, 0.1) is 17.9 Å². The van der Waals surface area contributed by atoms with Crippen molar-refractivity contribution in [1.29, 1.82) is 0 Å². The predicted molar refractivity (Wildman–Crippen MR) is 81.3 cm³/mol. The molecule has 0 aliphatic rings. The SMILES string of the molecule is Cc1cc(NCCO)n2nc(C)c(-c3cccs3)c2n1. The van der Waals surface area contributed by atoms with Crippen molar-refractivity contribution in [2.75, 3.05) is 18.5 Å². The number of fused-ring (bicyclic) bond motifs is 1. The van der Waals surface area contributed by atoms with E-state index >= 15 is 0 Å². The van der Waals surface area contributed by atoms with Crippen molar-refractivity contribution in [3.05, 3.63) is 35.0 Å². The molecule has 0 bridgehead atoms. The van der Waals surface area contributed by atoms with Gasteiger partial charge in [-0.25, -0.2) is 4.98 Å². The Kier molecular flexibility index (Phi) is 3.42. The first-order chi connectivity index (χ1) is 9.70. The highest BCUT2D eigenvalue weighted by Gasteiger charge is 2.16. The number of thiophene rings is 1.